The van der Waals surface area contributed by atoms with E-state index in [9.17, 15) is 0 Å². The van der Waals surface area contributed by atoms with E-state index < -0.39 is 0 Å². The smallest absolute Gasteiger partial charge is 0.138 e. The van der Waals surface area contributed by atoms with Crippen molar-refractivity contribution >= 4 is 15.9 Å². The molecule has 1 saturated carbocycles. The molecular weight excluding hydrogens is 268 g/mol. The van der Waals surface area contributed by atoms with Crippen molar-refractivity contribution in [2.24, 2.45) is 0 Å². The number of nitrogens with zero attached hydrogens (tertiary/aromatic N) is 1. The quantitative estimate of drug-likeness (QED) is 0.871. The third-order valence-electron chi connectivity index (χ3n) is 2.34. The summed E-state index contributed by atoms with van der Waals surface area (Å²) in [6.07, 6.45) is 4.35. The van der Waals surface area contributed by atoms with Gasteiger partial charge in [0.2, 0.25) is 0 Å². The van der Waals surface area contributed by atoms with Crippen LogP contribution < -0.4 is 10.1 Å². The fraction of sp³-hybridized carbons (Fsp3) is 0.417. The van der Waals surface area contributed by atoms with Gasteiger partial charge in [-0.15, -0.1) is 0 Å². The van der Waals surface area contributed by atoms with Gasteiger partial charge in [-0.05, 0) is 25.0 Å². The third kappa shape index (κ3) is 3.94. The molecule has 0 bridgehead atoms. The Kier molecular flexibility index (Phi) is 3.96. The molecule has 16 heavy (non-hydrogen) atoms. The van der Waals surface area contributed by atoms with Crippen LogP contribution in [0.4, 0.5) is 0 Å². The topological polar surface area (TPSA) is 34.1 Å². The Labute approximate surface area is 104 Å². The Balaban J connectivity index is 1.80. The summed E-state index contributed by atoms with van der Waals surface area (Å²) >= 11 is 3.24. The summed E-state index contributed by atoms with van der Waals surface area (Å²) in [5.41, 5.74) is 1.05. The average Bonchev–Trinajstić information content (AvgIpc) is 3.09. The third-order valence-corrected chi connectivity index (χ3v) is 2.57. The van der Waals surface area contributed by atoms with Crippen LogP contribution in [0.15, 0.2) is 29.4 Å². The highest BCUT2D eigenvalue weighted by molar-refractivity contribution is 9.11. The molecule has 1 heterocycles. The zero-order valence-electron chi connectivity index (χ0n) is 9.08. The molecule has 0 radical (unpaired) electrons. The lowest BCUT2D eigenvalue weighted by molar-refractivity contribution is 0.359. The van der Waals surface area contributed by atoms with E-state index >= 15 is 0 Å². The molecule has 1 fully saturated rings. The molecule has 0 aliphatic heterocycles. The van der Waals surface area contributed by atoms with Crippen LogP contribution in [0.2, 0.25) is 0 Å². The molecule has 1 aliphatic carbocycles. The number of halogens is 1. The fourth-order valence-corrected chi connectivity index (χ4v) is 1.41. The van der Waals surface area contributed by atoms with Crippen molar-refractivity contribution in [2.75, 3.05) is 6.61 Å². The molecule has 0 spiro atoms. The van der Waals surface area contributed by atoms with Crippen LogP contribution in [0.1, 0.15) is 18.5 Å². The van der Waals surface area contributed by atoms with Gasteiger partial charge in [-0.1, -0.05) is 22.5 Å². The molecular formula is C12H15BrN2O. The molecule has 0 saturated heterocycles. The second-order valence-electron chi connectivity index (χ2n) is 3.95. The van der Waals surface area contributed by atoms with Gasteiger partial charge in [0.1, 0.15) is 12.4 Å². The summed E-state index contributed by atoms with van der Waals surface area (Å²) in [6, 6.07) is 4.64. The summed E-state index contributed by atoms with van der Waals surface area (Å²) in [5, 5.41) is 3.42. The number of ether oxygens (including phenoxy) is 1. The van der Waals surface area contributed by atoms with Crippen molar-refractivity contribution in [3.8, 4) is 5.75 Å². The Bertz CT molecular complexity index is 360. The highest BCUT2D eigenvalue weighted by atomic mass is 79.9. The maximum Gasteiger partial charge on any atom is 0.138 e. The maximum absolute atomic E-state index is 5.43. The van der Waals surface area contributed by atoms with Gasteiger partial charge in [0.25, 0.3) is 0 Å². The number of aromatic nitrogens is 1. The van der Waals surface area contributed by atoms with Crippen LogP contribution in [-0.2, 0) is 6.54 Å². The van der Waals surface area contributed by atoms with Gasteiger partial charge in [-0.25, -0.2) is 0 Å². The van der Waals surface area contributed by atoms with Gasteiger partial charge in [-0.2, -0.15) is 0 Å². The van der Waals surface area contributed by atoms with Crippen molar-refractivity contribution in [3.05, 3.63) is 35.1 Å². The minimum Gasteiger partial charge on any atom is -0.487 e. The van der Waals surface area contributed by atoms with Crippen LogP contribution in [0.3, 0.4) is 0 Å². The molecule has 0 amide bonds. The summed E-state index contributed by atoms with van der Waals surface area (Å²) in [4.78, 5) is 4.32. The average molecular weight is 283 g/mol. The predicted molar refractivity (Wildman–Crippen MR) is 67.7 cm³/mol. The summed E-state index contributed by atoms with van der Waals surface area (Å²) in [6.45, 7) is 5.02. The first kappa shape index (κ1) is 11.6. The van der Waals surface area contributed by atoms with Gasteiger partial charge in [0, 0.05) is 17.1 Å². The Hall–Kier alpha value is -0.870. The monoisotopic (exact) mass is 282 g/mol. The first-order valence-corrected chi connectivity index (χ1v) is 6.18. The lowest BCUT2D eigenvalue weighted by Gasteiger charge is -2.06. The summed E-state index contributed by atoms with van der Waals surface area (Å²) in [5.74, 6) is 0.774. The van der Waals surface area contributed by atoms with Gasteiger partial charge >= 0.3 is 0 Å². The predicted octanol–water partition coefficient (Wildman–Crippen LogP) is 2.62. The minimum absolute atomic E-state index is 0.474. The van der Waals surface area contributed by atoms with Crippen LogP contribution in [0, 0.1) is 0 Å². The molecule has 1 aromatic heterocycles. The van der Waals surface area contributed by atoms with Crippen molar-refractivity contribution in [1.29, 1.82) is 0 Å². The van der Waals surface area contributed by atoms with E-state index in [1.54, 1.807) is 6.20 Å². The van der Waals surface area contributed by atoms with E-state index in [-0.39, 0.29) is 0 Å². The maximum atomic E-state index is 5.43. The second kappa shape index (κ2) is 5.46. The second-order valence-corrected chi connectivity index (χ2v) is 5.07. The number of rotatable bonds is 6. The first-order chi connectivity index (χ1) is 7.74. The minimum atomic E-state index is 0.474. The molecule has 0 aromatic carbocycles. The van der Waals surface area contributed by atoms with E-state index in [2.05, 4.69) is 32.8 Å². The summed E-state index contributed by atoms with van der Waals surface area (Å²) in [7, 11) is 0. The Morgan fingerprint density at radius 3 is 2.94 bits per heavy atom. The molecule has 1 N–H and O–H groups in total. The molecule has 1 aromatic rings. The lowest BCUT2D eigenvalue weighted by Crippen LogP contribution is -2.16. The Morgan fingerprint density at radius 2 is 2.38 bits per heavy atom. The zero-order chi connectivity index (χ0) is 11.4. The number of nitrogens with one attached hydrogen (secondary N) is 1. The zero-order valence-corrected chi connectivity index (χ0v) is 10.7. The Morgan fingerprint density at radius 1 is 1.56 bits per heavy atom. The first-order valence-electron chi connectivity index (χ1n) is 5.38. The van der Waals surface area contributed by atoms with Crippen molar-refractivity contribution < 1.29 is 4.74 Å². The molecule has 4 heteroatoms. The standard InChI is InChI=1S/C12H15BrN2O/c1-9(13)8-16-12-5-4-11(15-7-12)6-14-10-2-3-10/h4-5,7,10,14H,1-3,6,8H2. The van der Waals surface area contributed by atoms with E-state index in [0.29, 0.717) is 6.61 Å². The normalized spacial score (nSPS) is 14.8. The highest BCUT2D eigenvalue weighted by Gasteiger charge is 2.19. The largest absolute Gasteiger partial charge is 0.487 e. The van der Waals surface area contributed by atoms with E-state index in [4.69, 9.17) is 4.74 Å². The number of hydrogen-bond acceptors (Lipinski definition) is 3. The van der Waals surface area contributed by atoms with Gasteiger partial charge in [0.15, 0.2) is 0 Å². The van der Waals surface area contributed by atoms with E-state index in [1.165, 1.54) is 12.8 Å². The van der Waals surface area contributed by atoms with E-state index in [0.717, 1.165) is 28.5 Å². The van der Waals surface area contributed by atoms with E-state index in [1.807, 2.05) is 12.1 Å². The molecule has 3 nitrogen and oxygen atoms in total. The van der Waals surface area contributed by atoms with Crippen LogP contribution in [0.5, 0.6) is 5.75 Å². The lowest BCUT2D eigenvalue weighted by atomic mass is 10.3. The number of hydrogen-bond donors (Lipinski definition) is 1. The molecule has 86 valence electrons. The van der Waals surface area contributed by atoms with Crippen molar-refractivity contribution in [3.63, 3.8) is 0 Å². The highest BCUT2D eigenvalue weighted by Crippen LogP contribution is 2.19. The van der Waals surface area contributed by atoms with Gasteiger partial charge in [0.05, 0.1) is 11.9 Å². The molecule has 0 unspecified atom stereocenters. The van der Waals surface area contributed by atoms with Crippen molar-refractivity contribution in [2.45, 2.75) is 25.4 Å². The fourth-order valence-electron chi connectivity index (χ4n) is 1.30. The molecule has 2 rings (SSSR count). The number of pyridine rings is 1. The van der Waals surface area contributed by atoms with Gasteiger partial charge < -0.3 is 10.1 Å². The molecule has 1 aliphatic rings. The van der Waals surface area contributed by atoms with Crippen molar-refractivity contribution in [1.82, 2.24) is 10.3 Å². The SMILES string of the molecule is C=C(Br)COc1ccc(CNC2CC2)nc1. The van der Waals surface area contributed by atoms with Crippen LogP contribution in [-0.4, -0.2) is 17.6 Å². The molecule has 0 atom stereocenters. The van der Waals surface area contributed by atoms with Gasteiger partial charge in [-0.3, -0.25) is 4.98 Å². The summed E-state index contributed by atoms with van der Waals surface area (Å²) < 4.78 is 6.26. The van der Waals surface area contributed by atoms with Crippen LogP contribution >= 0.6 is 15.9 Å². The van der Waals surface area contributed by atoms with Crippen LogP contribution in [0.25, 0.3) is 0 Å².